The third-order valence-electron chi connectivity index (χ3n) is 3.24. The molecule has 0 bridgehead atoms. The van der Waals surface area contributed by atoms with Crippen molar-refractivity contribution >= 4 is 23.0 Å². The standard InChI is InChI=1S/C16H19NO2S/c1-10-9-15(12(3)20-10)11(2)17-14-7-5-13(6-8-14)16(18)19-4/h5-9,11,17H,1-4H3. The third-order valence-corrected chi connectivity index (χ3v) is 4.22. The predicted molar refractivity (Wildman–Crippen MR) is 83.6 cm³/mol. The molecule has 4 heteroatoms. The summed E-state index contributed by atoms with van der Waals surface area (Å²) in [6.45, 7) is 6.41. The van der Waals surface area contributed by atoms with E-state index >= 15 is 0 Å². The normalized spacial score (nSPS) is 12.0. The largest absolute Gasteiger partial charge is 0.465 e. The number of aryl methyl sites for hydroxylation is 2. The highest BCUT2D eigenvalue weighted by molar-refractivity contribution is 7.12. The van der Waals surface area contributed by atoms with E-state index in [0.717, 1.165) is 5.69 Å². The minimum absolute atomic E-state index is 0.240. The number of methoxy groups -OCH3 is 1. The van der Waals surface area contributed by atoms with Gasteiger partial charge >= 0.3 is 5.97 Å². The van der Waals surface area contributed by atoms with Crippen molar-refractivity contribution in [3.05, 3.63) is 51.2 Å². The lowest BCUT2D eigenvalue weighted by Gasteiger charge is -2.15. The summed E-state index contributed by atoms with van der Waals surface area (Å²) in [5.74, 6) is -0.311. The molecule has 0 saturated carbocycles. The summed E-state index contributed by atoms with van der Waals surface area (Å²) in [5, 5.41) is 3.45. The summed E-state index contributed by atoms with van der Waals surface area (Å²) in [4.78, 5) is 14.0. The molecular formula is C16H19NO2S. The van der Waals surface area contributed by atoms with Gasteiger partial charge in [-0.3, -0.25) is 0 Å². The highest BCUT2D eigenvalue weighted by Crippen LogP contribution is 2.28. The molecular weight excluding hydrogens is 270 g/mol. The molecule has 1 atom stereocenters. The quantitative estimate of drug-likeness (QED) is 0.852. The van der Waals surface area contributed by atoms with Crippen LogP contribution in [0.4, 0.5) is 5.69 Å². The smallest absolute Gasteiger partial charge is 0.337 e. The van der Waals surface area contributed by atoms with E-state index in [9.17, 15) is 4.79 Å². The Morgan fingerprint density at radius 1 is 1.25 bits per heavy atom. The molecule has 2 aromatic rings. The predicted octanol–water partition coefficient (Wildman–Crippen LogP) is 4.32. The number of hydrogen-bond donors (Lipinski definition) is 1. The zero-order valence-electron chi connectivity index (χ0n) is 12.2. The first kappa shape index (κ1) is 14.6. The van der Waals surface area contributed by atoms with Gasteiger partial charge in [-0.15, -0.1) is 11.3 Å². The van der Waals surface area contributed by atoms with Crippen LogP contribution in [0.3, 0.4) is 0 Å². The monoisotopic (exact) mass is 289 g/mol. The molecule has 0 aliphatic rings. The van der Waals surface area contributed by atoms with Gasteiger partial charge in [-0.25, -0.2) is 4.79 Å². The number of thiophene rings is 1. The number of esters is 1. The molecule has 0 amide bonds. The van der Waals surface area contributed by atoms with Gasteiger partial charge in [0.15, 0.2) is 0 Å². The van der Waals surface area contributed by atoms with Gasteiger partial charge in [0.05, 0.1) is 12.7 Å². The van der Waals surface area contributed by atoms with E-state index < -0.39 is 0 Å². The second kappa shape index (κ2) is 6.09. The lowest BCUT2D eigenvalue weighted by molar-refractivity contribution is 0.0601. The first-order valence-electron chi connectivity index (χ1n) is 6.53. The Morgan fingerprint density at radius 2 is 1.90 bits per heavy atom. The van der Waals surface area contributed by atoms with Crippen LogP contribution in [0.15, 0.2) is 30.3 Å². The number of hydrogen-bond acceptors (Lipinski definition) is 4. The molecule has 106 valence electrons. The van der Waals surface area contributed by atoms with E-state index in [1.54, 1.807) is 12.1 Å². The van der Waals surface area contributed by atoms with Gasteiger partial charge in [-0.2, -0.15) is 0 Å². The number of benzene rings is 1. The van der Waals surface area contributed by atoms with Gasteiger partial charge in [-0.05, 0) is 56.7 Å². The van der Waals surface area contributed by atoms with Gasteiger partial charge in [0.1, 0.15) is 0 Å². The van der Waals surface area contributed by atoms with E-state index in [0.29, 0.717) is 5.56 Å². The number of rotatable bonds is 4. The number of carbonyl (C=O) groups is 1. The molecule has 0 aliphatic heterocycles. The van der Waals surface area contributed by atoms with Crippen molar-refractivity contribution in [1.29, 1.82) is 0 Å². The zero-order chi connectivity index (χ0) is 14.7. The van der Waals surface area contributed by atoms with Crippen molar-refractivity contribution < 1.29 is 9.53 Å². The molecule has 1 aromatic heterocycles. The van der Waals surface area contributed by atoms with Crippen molar-refractivity contribution in [3.8, 4) is 0 Å². The van der Waals surface area contributed by atoms with E-state index in [-0.39, 0.29) is 12.0 Å². The maximum Gasteiger partial charge on any atom is 0.337 e. The van der Waals surface area contributed by atoms with Gasteiger partial charge in [0.2, 0.25) is 0 Å². The van der Waals surface area contributed by atoms with Crippen LogP contribution in [0.2, 0.25) is 0 Å². The second-order valence-electron chi connectivity index (χ2n) is 4.80. The molecule has 1 heterocycles. The van der Waals surface area contributed by atoms with Crippen LogP contribution in [-0.4, -0.2) is 13.1 Å². The maximum absolute atomic E-state index is 11.4. The topological polar surface area (TPSA) is 38.3 Å². The Hall–Kier alpha value is -1.81. The van der Waals surface area contributed by atoms with E-state index in [1.165, 1.54) is 22.4 Å². The van der Waals surface area contributed by atoms with Gasteiger partial charge in [0.25, 0.3) is 0 Å². The Kier molecular flexibility index (Phi) is 4.45. The van der Waals surface area contributed by atoms with Crippen LogP contribution < -0.4 is 5.32 Å². The van der Waals surface area contributed by atoms with Crippen LogP contribution in [0.5, 0.6) is 0 Å². The Bertz CT molecular complexity index is 601. The van der Waals surface area contributed by atoms with Crippen molar-refractivity contribution in [3.63, 3.8) is 0 Å². The molecule has 3 nitrogen and oxygen atoms in total. The summed E-state index contributed by atoms with van der Waals surface area (Å²) >= 11 is 1.82. The van der Waals surface area contributed by atoms with Crippen molar-refractivity contribution in [2.24, 2.45) is 0 Å². The van der Waals surface area contributed by atoms with Crippen LogP contribution in [-0.2, 0) is 4.74 Å². The Balaban J connectivity index is 2.10. The molecule has 1 unspecified atom stereocenters. The van der Waals surface area contributed by atoms with Crippen LogP contribution >= 0.6 is 11.3 Å². The van der Waals surface area contributed by atoms with Gasteiger partial charge in [0, 0.05) is 21.5 Å². The summed E-state index contributed by atoms with van der Waals surface area (Å²) in [7, 11) is 1.39. The first-order chi connectivity index (χ1) is 9.51. The maximum atomic E-state index is 11.4. The highest BCUT2D eigenvalue weighted by Gasteiger charge is 2.11. The van der Waals surface area contributed by atoms with Gasteiger partial charge < -0.3 is 10.1 Å². The molecule has 0 saturated heterocycles. The molecule has 0 fully saturated rings. The molecule has 1 N–H and O–H groups in total. The van der Waals surface area contributed by atoms with E-state index in [2.05, 4.69) is 36.9 Å². The Morgan fingerprint density at radius 3 is 2.40 bits per heavy atom. The number of ether oxygens (including phenoxy) is 1. The average molecular weight is 289 g/mol. The fourth-order valence-electron chi connectivity index (χ4n) is 2.23. The second-order valence-corrected chi connectivity index (χ2v) is 6.26. The minimum Gasteiger partial charge on any atom is -0.465 e. The van der Waals surface area contributed by atoms with E-state index in [4.69, 9.17) is 0 Å². The van der Waals surface area contributed by atoms with E-state index in [1.807, 2.05) is 23.5 Å². The summed E-state index contributed by atoms with van der Waals surface area (Å²) in [5.41, 5.74) is 2.88. The summed E-state index contributed by atoms with van der Waals surface area (Å²) in [6, 6.07) is 9.80. The molecule has 1 aromatic carbocycles. The average Bonchev–Trinajstić information content (AvgIpc) is 2.78. The zero-order valence-corrected chi connectivity index (χ0v) is 13.0. The lowest BCUT2D eigenvalue weighted by atomic mass is 10.1. The van der Waals surface area contributed by atoms with Gasteiger partial charge in [-0.1, -0.05) is 0 Å². The molecule has 0 aliphatic carbocycles. The number of anilines is 1. The first-order valence-corrected chi connectivity index (χ1v) is 7.34. The highest BCUT2D eigenvalue weighted by atomic mass is 32.1. The number of carbonyl (C=O) groups excluding carboxylic acids is 1. The van der Waals surface area contributed by atoms with Crippen molar-refractivity contribution in [2.75, 3.05) is 12.4 Å². The fourth-order valence-corrected chi connectivity index (χ4v) is 3.25. The Labute approximate surface area is 123 Å². The number of nitrogens with one attached hydrogen (secondary N) is 1. The van der Waals surface area contributed by atoms with Crippen molar-refractivity contribution in [2.45, 2.75) is 26.8 Å². The van der Waals surface area contributed by atoms with Crippen molar-refractivity contribution in [1.82, 2.24) is 0 Å². The molecule has 0 spiro atoms. The summed E-state index contributed by atoms with van der Waals surface area (Å²) in [6.07, 6.45) is 0. The van der Waals surface area contributed by atoms with Crippen LogP contribution in [0.1, 0.15) is 38.6 Å². The molecule has 20 heavy (non-hydrogen) atoms. The minimum atomic E-state index is -0.311. The van der Waals surface area contributed by atoms with Crippen LogP contribution in [0, 0.1) is 13.8 Å². The van der Waals surface area contributed by atoms with Crippen LogP contribution in [0.25, 0.3) is 0 Å². The SMILES string of the molecule is COC(=O)c1ccc(NC(C)c2cc(C)sc2C)cc1. The third kappa shape index (κ3) is 3.20. The summed E-state index contributed by atoms with van der Waals surface area (Å²) < 4.78 is 4.69. The lowest BCUT2D eigenvalue weighted by Crippen LogP contribution is -2.07. The molecule has 0 radical (unpaired) electrons. The molecule has 2 rings (SSSR count). The fraction of sp³-hybridized carbons (Fsp3) is 0.312.